The van der Waals surface area contributed by atoms with Gasteiger partial charge in [0.25, 0.3) is 0 Å². The molecule has 0 amide bonds. The molecule has 2 N–H and O–H groups in total. The van der Waals surface area contributed by atoms with Gasteiger partial charge >= 0.3 is 0 Å². The van der Waals surface area contributed by atoms with Crippen LogP contribution >= 0.6 is 0 Å². The predicted molar refractivity (Wildman–Crippen MR) is 82.6 cm³/mol. The van der Waals surface area contributed by atoms with Crippen LogP contribution < -0.4 is 10.1 Å². The van der Waals surface area contributed by atoms with Crippen LogP contribution in [0.15, 0.2) is 24.4 Å². The lowest BCUT2D eigenvalue weighted by Crippen LogP contribution is -2.03. The van der Waals surface area contributed by atoms with E-state index < -0.39 is 0 Å². The molecule has 0 aliphatic carbocycles. The van der Waals surface area contributed by atoms with Crippen LogP contribution in [0.5, 0.6) is 5.75 Å². The van der Waals surface area contributed by atoms with Crippen molar-refractivity contribution in [2.45, 2.75) is 13.8 Å². The molecule has 0 atom stereocenters. The quantitative estimate of drug-likeness (QED) is 0.770. The summed E-state index contributed by atoms with van der Waals surface area (Å²) in [5.74, 6) is 1.36. The first-order chi connectivity index (χ1) is 10.2. The Bertz CT molecular complexity index is 781. The highest BCUT2D eigenvalue weighted by Crippen LogP contribution is 2.34. The fourth-order valence-electron chi connectivity index (χ4n) is 2.28. The topological polar surface area (TPSA) is 75.7 Å². The van der Waals surface area contributed by atoms with Crippen molar-refractivity contribution in [2.75, 3.05) is 19.0 Å². The van der Waals surface area contributed by atoms with Gasteiger partial charge in [-0.15, -0.1) is 0 Å². The van der Waals surface area contributed by atoms with Crippen molar-refractivity contribution >= 4 is 17.0 Å². The Labute approximate surface area is 122 Å². The highest BCUT2D eigenvalue weighted by Gasteiger charge is 2.15. The Balaban J connectivity index is 2.28. The van der Waals surface area contributed by atoms with Crippen LogP contribution in [0, 0.1) is 6.92 Å². The molecule has 0 unspecified atom stereocenters. The molecule has 0 radical (unpaired) electrons. The number of nitrogens with zero attached hydrogens (tertiary/aromatic N) is 3. The third kappa shape index (κ3) is 2.40. The molecule has 0 saturated carbocycles. The molecule has 3 rings (SSSR count). The Morgan fingerprint density at radius 3 is 2.90 bits per heavy atom. The number of hydrogen-bond donors (Lipinski definition) is 2. The van der Waals surface area contributed by atoms with Crippen LogP contribution in [0.2, 0.25) is 0 Å². The smallest absolute Gasteiger partial charge is 0.225 e. The summed E-state index contributed by atoms with van der Waals surface area (Å²) >= 11 is 0. The summed E-state index contributed by atoms with van der Waals surface area (Å²) in [6.45, 7) is 4.80. The van der Waals surface area contributed by atoms with Gasteiger partial charge in [-0.2, -0.15) is 10.1 Å². The predicted octanol–water partition coefficient (Wildman–Crippen LogP) is 2.77. The third-order valence-corrected chi connectivity index (χ3v) is 3.25. The highest BCUT2D eigenvalue weighted by molar-refractivity contribution is 5.92. The van der Waals surface area contributed by atoms with Crippen molar-refractivity contribution in [3.63, 3.8) is 0 Å². The van der Waals surface area contributed by atoms with Crippen molar-refractivity contribution in [3.05, 3.63) is 30.0 Å². The van der Waals surface area contributed by atoms with Crippen LogP contribution in [-0.4, -0.2) is 33.8 Å². The van der Waals surface area contributed by atoms with Crippen molar-refractivity contribution in [1.29, 1.82) is 0 Å². The minimum absolute atomic E-state index is 0.577. The van der Waals surface area contributed by atoms with Crippen LogP contribution in [0.3, 0.4) is 0 Å². The van der Waals surface area contributed by atoms with Gasteiger partial charge in [0.2, 0.25) is 5.95 Å². The fraction of sp³-hybridized carbons (Fsp3) is 0.267. The number of benzene rings is 1. The molecule has 0 spiro atoms. The minimum atomic E-state index is 0.577. The van der Waals surface area contributed by atoms with Gasteiger partial charge in [-0.05, 0) is 26.0 Å². The van der Waals surface area contributed by atoms with E-state index >= 15 is 0 Å². The standard InChI is InChI=1S/C15H17N5O/c1-4-16-15-18-13(11-8-17-20-14(11)19-15)10-7-9(2)5-6-12(10)21-3/h5-8H,4H2,1-3H3,(H2,16,17,18,19,20). The maximum Gasteiger partial charge on any atom is 0.225 e. The van der Waals surface area contributed by atoms with Gasteiger partial charge in [0.05, 0.1) is 24.4 Å². The lowest BCUT2D eigenvalue weighted by atomic mass is 10.1. The molecular weight excluding hydrogens is 266 g/mol. The molecular formula is C15H17N5O. The first kappa shape index (κ1) is 13.4. The Kier molecular flexibility index (Phi) is 3.43. The molecule has 0 saturated heterocycles. The molecule has 0 aliphatic rings. The SMILES string of the molecule is CCNc1nc(-c2cc(C)ccc2OC)c2cn[nH]c2n1. The zero-order valence-electron chi connectivity index (χ0n) is 12.3. The number of nitrogens with one attached hydrogen (secondary N) is 2. The number of rotatable bonds is 4. The highest BCUT2D eigenvalue weighted by atomic mass is 16.5. The van der Waals surface area contributed by atoms with Crippen LogP contribution in [0.4, 0.5) is 5.95 Å². The molecule has 6 nitrogen and oxygen atoms in total. The number of H-pyrrole nitrogens is 1. The fourth-order valence-corrected chi connectivity index (χ4v) is 2.28. The second-order valence-electron chi connectivity index (χ2n) is 4.76. The van der Waals surface area contributed by atoms with Crippen LogP contribution in [-0.2, 0) is 0 Å². The van der Waals surface area contributed by atoms with Crippen molar-refractivity contribution in [1.82, 2.24) is 20.2 Å². The van der Waals surface area contributed by atoms with E-state index in [2.05, 4.69) is 31.5 Å². The van der Waals surface area contributed by atoms with Crippen LogP contribution in [0.25, 0.3) is 22.3 Å². The van der Waals surface area contributed by atoms with Crippen molar-refractivity contribution < 1.29 is 4.74 Å². The molecule has 21 heavy (non-hydrogen) atoms. The summed E-state index contributed by atoms with van der Waals surface area (Å²) in [5, 5.41) is 11.0. The molecule has 0 fully saturated rings. The molecule has 1 aromatic carbocycles. The summed E-state index contributed by atoms with van der Waals surface area (Å²) in [5.41, 5.74) is 3.60. The van der Waals surface area contributed by atoms with E-state index in [1.807, 2.05) is 26.0 Å². The van der Waals surface area contributed by atoms with Gasteiger partial charge in [-0.25, -0.2) is 4.98 Å². The average molecular weight is 283 g/mol. The van der Waals surface area contributed by atoms with E-state index in [0.29, 0.717) is 11.6 Å². The summed E-state index contributed by atoms with van der Waals surface area (Å²) in [4.78, 5) is 9.03. The number of aryl methyl sites for hydroxylation is 1. The second-order valence-corrected chi connectivity index (χ2v) is 4.76. The number of aromatic amines is 1. The largest absolute Gasteiger partial charge is 0.496 e. The van der Waals surface area contributed by atoms with E-state index in [1.54, 1.807) is 13.3 Å². The molecule has 2 aromatic heterocycles. The first-order valence-corrected chi connectivity index (χ1v) is 6.83. The molecule has 0 aliphatic heterocycles. The molecule has 2 heterocycles. The third-order valence-electron chi connectivity index (χ3n) is 3.25. The lowest BCUT2D eigenvalue weighted by Gasteiger charge is -2.11. The van der Waals surface area contributed by atoms with Gasteiger partial charge in [0.1, 0.15) is 5.75 Å². The second kappa shape index (κ2) is 5.40. The number of ether oxygens (including phenoxy) is 1. The summed E-state index contributed by atoms with van der Waals surface area (Å²) in [7, 11) is 1.66. The average Bonchev–Trinajstić information content (AvgIpc) is 2.95. The van der Waals surface area contributed by atoms with Gasteiger partial charge in [0.15, 0.2) is 5.65 Å². The van der Waals surface area contributed by atoms with Gasteiger partial charge < -0.3 is 10.1 Å². The molecule has 108 valence electrons. The van der Waals surface area contributed by atoms with Crippen LogP contribution in [0.1, 0.15) is 12.5 Å². The van der Waals surface area contributed by atoms with Crippen molar-refractivity contribution in [2.24, 2.45) is 0 Å². The number of aromatic nitrogens is 4. The zero-order valence-corrected chi connectivity index (χ0v) is 12.3. The Hall–Kier alpha value is -2.63. The van der Waals surface area contributed by atoms with Gasteiger partial charge in [-0.3, -0.25) is 5.10 Å². The lowest BCUT2D eigenvalue weighted by molar-refractivity contribution is 0.416. The van der Waals surface area contributed by atoms with Gasteiger partial charge in [-0.1, -0.05) is 11.6 Å². The monoisotopic (exact) mass is 283 g/mol. The number of anilines is 1. The minimum Gasteiger partial charge on any atom is -0.496 e. The van der Waals surface area contributed by atoms with Gasteiger partial charge in [0, 0.05) is 12.1 Å². The van der Waals surface area contributed by atoms with E-state index in [9.17, 15) is 0 Å². The van der Waals surface area contributed by atoms with E-state index in [1.165, 1.54) is 0 Å². The first-order valence-electron chi connectivity index (χ1n) is 6.83. The summed E-state index contributed by atoms with van der Waals surface area (Å²) < 4.78 is 5.47. The molecule has 0 bridgehead atoms. The number of hydrogen-bond acceptors (Lipinski definition) is 5. The summed E-state index contributed by atoms with van der Waals surface area (Å²) in [6, 6.07) is 6.02. The maximum absolute atomic E-state index is 5.47. The summed E-state index contributed by atoms with van der Waals surface area (Å²) in [6.07, 6.45) is 1.74. The van der Waals surface area contributed by atoms with E-state index in [4.69, 9.17) is 4.74 Å². The number of fused-ring (bicyclic) bond motifs is 1. The zero-order chi connectivity index (χ0) is 14.8. The Morgan fingerprint density at radius 2 is 2.14 bits per heavy atom. The maximum atomic E-state index is 5.47. The normalized spacial score (nSPS) is 10.8. The van der Waals surface area contributed by atoms with E-state index in [-0.39, 0.29) is 0 Å². The van der Waals surface area contributed by atoms with E-state index in [0.717, 1.165) is 34.5 Å². The number of methoxy groups -OCH3 is 1. The van der Waals surface area contributed by atoms with Crippen molar-refractivity contribution in [3.8, 4) is 17.0 Å². The molecule has 3 aromatic rings. The Morgan fingerprint density at radius 1 is 1.29 bits per heavy atom. The molecule has 6 heteroatoms.